The Labute approximate surface area is 155 Å². The Bertz CT molecular complexity index is 1060. The van der Waals surface area contributed by atoms with E-state index in [0.717, 1.165) is 24.0 Å². The standard InChI is InChI=1S/C18H17N3O3S2/c22-17(12-5-4-6-12)19-13-9-10-15-16(11-13)25-18(20-15)21-26(23,24)14-7-2-1-3-8-14/h1-3,7-12H,4-6H2,(H,19,22)(H,20,21). The third-order valence-corrected chi connectivity index (χ3v) is 6.82. The molecule has 2 aromatic carbocycles. The molecule has 1 heterocycles. The topological polar surface area (TPSA) is 88.2 Å². The van der Waals surface area contributed by atoms with Gasteiger partial charge in [0.05, 0.1) is 15.1 Å². The summed E-state index contributed by atoms with van der Waals surface area (Å²) in [4.78, 5) is 16.6. The zero-order valence-corrected chi connectivity index (χ0v) is 15.4. The largest absolute Gasteiger partial charge is 0.326 e. The predicted octanol–water partition coefficient (Wildman–Crippen LogP) is 3.84. The van der Waals surface area contributed by atoms with Crippen molar-refractivity contribution in [3.05, 3.63) is 48.5 Å². The molecule has 1 saturated carbocycles. The summed E-state index contributed by atoms with van der Waals surface area (Å²) in [7, 11) is -3.67. The molecule has 134 valence electrons. The summed E-state index contributed by atoms with van der Waals surface area (Å²) in [6.07, 6.45) is 3.00. The third-order valence-electron chi connectivity index (χ3n) is 4.41. The van der Waals surface area contributed by atoms with E-state index in [1.807, 2.05) is 6.07 Å². The molecule has 0 spiro atoms. The van der Waals surface area contributed by atoms with Crippen LogP contribution in [0.4, 0.5) is 10.8 Å². The van der Waals surface area contributed by atoms with E-state index in [1.165, 1.54) is 23.5 Å². The van der Waals surface area contributed by atoms with Crippen molar-refractivity contribution in [2.24, 2.45) is 5.92 Å². The van der Waals surface area contributed by atoms with Crippen molar-refractivity contribution in [1.82, 2.24) is 4.98 Å². The van der Waals surface area contributed by atoms with E-state index in [1.54, 1.807) is 30.3 Å². The molecule has 4 rings (SSSR count). The van der Waals surface area contributed by atoms with Crippen molar-refractivity contribution in [3.8, 4) is 0 Å². The molecule has 1 amide bonds. The summed E-state index contributed by atoms with van der Waals surface area (Å²) in [5, 5.41) is 3.22. The van der Waals surface area contributed by atoms with Gasteiger partial charge in [-0.1, -0.05) is 36.0 Å². The number of carbonyl (C=O) groups excluding carboxylic acids is 1. The van der Waals surface area contributed by atoms with E-state index in [4.69, 9.17) is 0 Å². The van der Waals surface area contributed by atoms with Crippen LogP contribution in [0.25, 0.3) is 10.2 Å². The van der Waals surface area contributed by atoms with Gasteiger partial charge in [0, 0.05) is 11.6 Å². The van der Waals surface area contributed by atoms with Crippen molar-refractivity contribution >= 4 is 48.3 Å². The van der Waals surface area contributed by atoms with Gasteiger partial charge >= 0.3 is 0 Å². The number of rotatable bonds is 5. The number of hydrogen-bond donors (Lipinski definition) is 2. The molecule has 0 atom stereocenters. The van der Waals surface area contributed by atoms with Crippen LogP contribution < -0.4 is 10.0 Å². The van der Waals surface area contributed by atoms with Gasteiger partial charge in [-0.25, -0.2) is 13.4 Å². The Kier molecular flexibility index (Phi) is 4.37. The predicted molar refractivity (Wildman–Crippen MR) is 103 cm³/mol. The number of sulfonamides is 1. The van der Waals surface area contributed by atoms with E-state index in [0.29, 0.717) is 16.3 Å². The van der Waals surface area contributed by atoms with Crippen LogP contribution in [-0.2, 0) is 14.8 Å². The molecular formula is C18H17N3O3S2. The van der Waals surface area contributed by atoms with Gasteiger partial charge in [0.2, 0.25) is 5.91 Å². The zero-order chi connectivity index (χ0) is 18.1. The highest BCUT2D eigenvalue weighted by Crippen LogP contribution is 2.31. The summed E-state index contributed by atoms with van der Waals surface area (Å²) >= 11 is 1.24. The number of benzene rings is 2. The lowest BCUT2D eigenvalue weighted by atomic mass is 9.85. The number of fused-ring (bicyclic) bond motifs is 1. The van der Waals surface area contributed by atoms with Gasteiger partial charge in [-0.05, 0) is 43.2 Å². The maximum absolute atomic E-state index is 12.4. The number of amides is 1. The molecule has 1 fully saturated rings. The molecule has 1 aliphatic carbocycles. The van der Waals surface area contributed by atoms with Crippen molar-refractivity contribution in [2.75, 3.05) is 10.0 Å². The molecular weight excluding hydrogens is 370 g/mol. The Hall–Kier alpha value is -2.45. The normalized spacial score (nSPS) is 14.8. The number of aromatic nitrogens is 1. The average Bonchev–Trinajstić information content (AvgIpc) is 2.94. The van der Waals surface area contributed by atoms with E-state index in [9.17, 15) is 13.2 Å². The van der Waals surface area contributed by atoms with Crippen molar-refractivity contribution in [1.29, 1.82) is 0 Å². The second-order valence-electron chi connectivity index (χ2n) is 6.24. The Morgan fingerprint density at radius 1 is 1.12 bits per heavy atom. The zero-order valence-electron chi connectivity index (χ0n) is 13.8. The molecule has 0 unspecified atom stereocenters. The molecule has 0 radical (unpaired) electrons. The molecule has 0 aliphatic heterocycles. The number of thiazole rings is 1. The Morgan fingerprint density at radius 3 is 2.58 bits per heavy atom. The summed E-state index contributed by atoms with van der Waals surface area (Å²) in [6, 6.07) is 13.6. The lowest BCUT2D eigenvalue weighted by Gasteiger charge is -2.23. The van der Waals surface area contributed by atoms with Crippen LogP contribution >= 0.6 is 11.3 Å². The van der Waals surface area contributed by atoms with Crippen molar-refractivity contribution in [3.63, 3.8) is 0 Å². The van der Waals surface area contributed by atoms with Crippen LogP contribution in [-0.4, -0.2) is 19.3 Å². The van der Waals surface area contributed by atoms with E-state index < -0.39 is 10.0 Å². The first kappa shape index (κ1) is 17.0. The second kappa shape index (κ2) is 6.69. The van der Waals surface area contributed by atoms with Gasteiger partial charge < -0.3 is 5.32 Å². The number of nitrogens with zero attached hydrogens (tertiary/aromatic N) is 1. The van der Waals surface area contributed by atoms with Crippen LogP contribution in [0.15, 0.2) is 53.4 Å². The van der Waals surface area contributed by atoms with E-state index in [-0.39, 0.29) is 16.7 Å². The molecule has 26 heavy (non-hydrogen) atoms. The number of anilines is 2. The number of hydrogen-bond acceptors (Lipinski definition) is 5. The minimum Gasteiger partial charge on any atom is -0.326 e. The fourth-order valence-corrected chi connectivity index (χ4v) is 4.90. The Morgan fingerprint density at radius 2 is 1.88 bits per heavy atom. The molecule has 0 bridgehead atoms. The molecule has 1 aliphatic rings. The van der Waals surface area contributed by atoms with E-state index >= 15 is 0 Å². The van der Waals surface area contributed by atoms with Gasteiger partial charge in [0.25, 0.3) is 10.0 Å². The van der Waals surface area contributed by atoms with Crippen LogP contribution in [0.2, 0.25) is 0 Å². The first-order valence-electron chi connectivity index (χ1n) is 8.31. The highest BCUT2D eigenvalue weighted by Gasteiger charge is 2.25. The van der Waals surface area contributed by atoms with Crippen LogP contribution in [0, 0.1) is 5.92 Å². The van der Waals surface area contributed by atoms with Crippen molar-refractivity contribution < 1.29 is 13.2 Å². The SMILES string of the molecule is O=C(Nc1ccc2nc(NS(=O)(=O)c3ccccc3)sc2c1)C1CCC1. The Balaban J connectivity index is 1.55. The molecule has 3 aromatic rings. The third kappa shape index (κ3) is 3.42. The van der Waals surface area contributed by atoms with Gasteiger partial charge in [0.1, 0.15) is 0 Å². The van der Waals surface area contributed by atoms with Crippen LogP contribution in [0.3, 0.4) is 0 Å². The van der Waals surface area contributed by atoms with Gasteiger partial charge in [0.15, 0.2) is 5.13 Å². The van der Waals surface area contributed by atoms with Crippen molar-refractivity contribution in [2.45, 2.75) is 24.2 Å². The molecule has 6 nitrogen and oxygen atoms in total. The first-order valence-corrected chi connectivity index (χ1v) is 10.6. The minimum atomic E-state index is -3.67. The van der Waals surface area contributed by atoms with Gasteiger partial charge in [-0.2, -0.15) is 0 Å². The second-order valence-corrected chi connectivity index (χ2v) is 8.95. The average molecular weight is 387 g/mol. The maximum Gasteiger partial charge on any atom is 0.263 e. The van der Waals surface area contributed by atoms with E-state index in [2.05, 4.69) is 15.0 Å². The first-order chi connectivity index (χ1) is 12.5. The summed E-state index contributed by atoms with van der Waals surface area (Å²) in [5.74, 6) is 0.158. The van der Waals surface area contributed by atoms with Crippen LogP contribution in [0.1, 0.15) is 19.3 Å². The number of carbonyl (C=O) groups is 1. The quantitative estimate of drug-likeness (QED) is 0.696. The molecule has 2 N–H and O–H groups in total. The molecule has 1 aromatic heterocycles. The summed E-state index contributed by atoms with van der Waals surface area (Å²) in [6.45, 7) is 0. The lowest BCUT2D eigenvalue weighted by Crippen LogP contribution is -2.27. The fraction of sp³-hybridized carbons (Fsp3) is 0.222. The monoisotopic (exact) mass is 387 g/mol. The van der Waals surface area contributed by atoms with Gasteiger partial charge in [-0.15, -0.1) is 0 Å². The fourth-order valence-electron chi connectivity index (χ4n) is 2.73. The smallest absolute Gasteiger partial charge is 0.263 e. The highest BCUT2D eigenvalue weighted by molar-refractivity contribution is 7.93. The molecule has 0 saturated heterocycles. The lowest BCUT2D eigenvalue weighted by molar-refractivity contribution is -0.122. The summed E-state index contributed by atoms with van der Waals surface area (Å²) < 4.78 is 28.1. The van der Waals surface area contributed by atoms with Gasteiger partial charge in [-0.3, -0.25) is 9.52 Å². The minimum absolute atomic E-state index is 0.0464. The number of nitrogens with one attached hydrogen (secondary N) is 2. The van der Waals surface area contributed by atoms with Crippen LogP contribution in [0.5, 0.6) is 0 Å². The summed E-state index contributed by atoms with van der Waals surface area (Å²) in [5.41, 5.74) is 1.39. The highest BCUT2D eigenvalue weighted by atomic mass is 32.2. The molecule has 8 heteroatoms. The maximum atomic E-state index is 12.4.